The van der Waals surface area contributed by atoms with Crippen molar-refractivity contribution in [3.05, 3.63) is 30.5 Å². The quantitative estimate of drug-likeness (QED) is 0.738. The van der Waals surface area contributed by atoms with Crippen LogP contribution in [-0.4, -0.2) is 31.0 Å². The second-order valence-corrected chi connectivity index (χ2v) is 2.85. The lowest BCUT2D eigenvalue weighted by molar-refractivity contribution is 0.0691. The Bertz CT molecular complexity index is 543. The molecule has 0 aliphatic carbocycles. The Morgan fingerprint density at radius 2 is 1.56 bits per heavy atom. The van der Waals surface area contributed by atoms with Gasteiger partial charge in [-0.25, -0.2) is 19.7 Å². The first-order chi connectivity index (χ1) is 7.70. The van der Waals surface area contributed by atoms with Crippen molar-refractivity contribution in [2.75, 3.05) is 5.73 Å². The fourth-order valence-electron chi connectivity index (χ4n) is 1.20. The summed E-state index contributed by atoms with van der Waals surface area (Å²) >= 11 is 0. The predicted octanol–water partition coefficient (Wildman–Crippen LogP) is 0.214. The molecule has 0 aliphatic rings. The van der Waals surface area contributed by atoms with Gasteiger partial charge in [-0.3, -0.25) is 4.98 Å². The number of aromatic nitrogens is 4. The molecule has 0 fully saturated rings. The summed E-state index contributed by atoms with van der Waals surface area (Å²) < 4.78 is 0. The van der Waals surface area contributed by atoms with E-state index in [1.165, 1.54) is 24.8 Å². The largest absolute Gasteiger partial charge is 0.476 e. The van der Waals surface area contributed by atoms with Crippen LogP contribution < -0.4 is 5.73 Å². The van der Waals surface area contributed by atoms with Crippen molar-refractivity contribution in [3.63, 3.8) is 0 Å². The molecule has 0 unspecified atom stereocenters. The van der Waals surface area contributed by atoms with E-state index < -0.39 is 5.97 Å². The van der Waals surface area contributed by atoms with Crippen molar-refractivity contribution in [1.29, 1.82) is 0 Å². The number of anilines is 1. The molecule has 2 rings (SSSR count). The van der Waals surface area contributed by atoms with Crippen LogP contribution in [0.4, 0.5) is 5.82 Å². The van der Waals surface area contributed by atoms with E-state index in [2.05, 4.69) is 19.9 Å². The fourth-order valence-corrected chi connectivity index (χ4v) is 1.20. The predicted molar refractivity (Wildman–Crippen MR) is 54.4 cm³/mol. The van der Waals surface area contributed by atoms with Gasteiger partial charge in [0.15, 0.2) is 11.5 Å². The fraction of sp³-hybridized carbons (Fsp3) is 0. The Balaban J connectivity index is 2.65. The van der Waals surface area contributed by atoms with Crippen LogP contribution in [0.3, 0.4) is 0 Å². The zero-order valence-corrected chi connectivity index (χ0v) is 8.03. The molecule has 2 aromatic rings. The van der Waals surface area contributed by atoms with Crippen LogP contribution in [0.1, 0.15) is 10.5 Å². The summed E-state index contributed by atoms with van der Waals surface area (Å²) in [6.07, 6.45) is 5.48. The van der Waals surface area contributed by atoms with Gasteiger partial charge >= 0.3 is 5.97 Å². The van der Waals surface area contributed by atoms with Crippen molar-refractivity contribution < 1.29 is 9.90 Å². The van der Waals surface area contributed by atoms with Crippen molar-refractivity contribution in [1.82, 2.24) is 19.9 Å². The highest BCUT2D eigenvalue weighted by Gasteiger charge is 2.17. The maximum absolute atomic E-state index is 10.9. The van der Waals surface area contributed by atoms with Crippen LogP contribution in [0.2, 0.25) is 0 Å². The van der Waals surface area contributed by atoms with E-state index in [-0.39, 0.29) is 22.9 Å². The van der Waals surface area contributed by atoms with Gasteiger partial charge in [-0.2, -0.15) is 0 Å². The normalized spacial score (nSPS) is 10.0. The molecule has 3 N–H and O–H groups in total. The number of hydrogen-bond acceptors (Lipinski definition) is 6. The smallest absolute Gasteiger partial charge is 0.356 e. The van der Waals surface area contributed by atoms with Gasteiger partial charge in [-0.15, -0.1) is 0 Å². The maximum atomic E-state index is 10.9. The molecule has 0 atom stereocenters. The summed E-state index contributed by atoms with van der Waals surface area (Å²) in [6.45, 7) is 0. The molecular weight excluding hydrogens is 210 g/mol. The number of aromatic carboxylic acids is 1. The van der Waals surface area contributed by atoms with E-state index in [4.69, 9.17) is 10.8 Å². The Labute approximate surface area is 90.0 Å². The highest BCUT2D eigenvalue weighted by molar-refractivity contribution is 5.93. The highest BCUT2D eigenvalue weighted by Crippen LogP contribution is 2.20. The lowest BCUT2D eigenvalue weighted by Crippen LogP contribution is -2.07. The standard InChI is InChI=1S/C9H7N5O2/c10-8-6(12-3-4-14-8)5-7(9(15)16)13-2-1-11-5/h1-4H,(H2,10,14)(H,15,16). The summed E-state index contributed by atoms with van der Waals surface area (Å²) in [5.41, 5.74) is 5.72. The second kappa shape index (κ2) is 3.89. The van der Waals surface area contributed by atoms with Gasteiger partial charge in [0.2, 0.25) is 0 Å². The lowest BCUT2D eigenvalue weighted by atomic mass is 10.2. The number of hydrogen-bond donors (Lipinski definition) is 2. The monoisotopic (exact) mass is 217 g/mol. The molecule has 0 saturated heterocycles. The summed E-state index contributed by atoms with van der Waals surface area (Å²) in [6, 6.07) is 0. The van der Waals surface area contributed by atoms with E-state index in [9.17, 15) is 4.79 Å². The molecule has 7 heteroatoms. The van der Waals surface area contributed by atoms with E-state index in [1.807, 2.05) is 0 Å². The molecule has 7 nitrogen and oxygen atoms in total. The van der Waals surface area contributed by atoms with Gasteiger partial charge in [0.1, 0.15) is 11.4 Å². The van der Waals surface area contributed by atoms with Crippen LogP contribution in [0.15, 0.2) is 24.8 Å². The summed E-state index contributed by atoms with van der Waals surface area (Å²) in [7, 11) is 0. The van der Waals surface area contributed by atoms with Crippen LogP contribution in [0.25, 0.3) is 11.4 Å². The number of rotatable bonds is 2. The molecule has 16 heavy (non-hydrogen) atoms. The Kier molecular flexibility index (Phi) is 2.42. The topological polar surface area (TPSA) is 115 Å². The molecule has 0 saturated carbocycles. The Hall–Kier alpha value is -2.57. The highest BCUT2D eigenvalue weighted by atomic mass is 16.4. The number of nitrogens with zero attached hydrogens (tertiary/aromatic N) is 4. The van der Waals surface area contributed by atoms with Crippen molar-refractivity contribution in [2.24, 2.45) is 0 Å². The van der Waals surface area contributed by atoms with Crippen LogP contribution in [-0.2, 0) is 0 Å². The molecule has 0 radical (unpaired) electrons. The second-order valence-electron chi connectivity index (χ2n) is 2.85. The minimum Gasteiger partial charge on any atom is -0.476 e. The third-order valence-corrected chi connectivity index (χ3v) is 1.85. The van der Waals surface area contributed by atoms with Crippen LogP contribution in [0, 0.1) is 0 Å². The Morgan fingerprint density at radius 1 is 1.00 bits per heavy atom. The van der Waals surface area contributed by atoms with E-state index in [1.54, 1.807) is 0 Å². The van der Waals surface area contributed by atoms with Gasteiger partial charge < -0.3 is 10.8 Å². The van der Waals surface area contributed by atoms with Crippen molar-refractivity contribution >= 4 is 11.8 Å². The van der Waals surface area contributed by atoms with Crippen LogP contribution >= 0.6 is 0 Å². The van der Waals surface area contributed by atoms with Crippen molar-refractivity contribution in [2.45, 2.75) is 0 Å². The number of carboxylic acid groups (broad SMARTS) is 1. The molecule has 2 heterocycles. The Morgan fingerprint density at radius 3 is 2.19 bits per heavy atom. The average molecular weight is 217 g/mol. The van der Waals surface area contributed by atoms with Gasteiger partial charge in [-0.05, 0) is 0 Å². The molecule has 0 aromatic carbocycles. The van der Waals surface area contributed by atoms with E-state index in [0.29, 0.717) is 0 Å². The molecule has 0 bridgehead atoms. The first-order valence-electron chi connectivity index (χ1n) is 4.31. The zero-order valence-electron chi connectivity index (χ0n) is 8.03. The molecular formula is C9H7N5O2. The minimum absolute atomic E-state index is 0.112. The van der Waals surface area contributed by atoms with Gasteiger partial charge in [0, 0.05) is 24.8 Å². The average Bonchev–Trinajstić information content (AvgIpc) is 2.29. The summed E-state index contributed by atoms with van der Waals surface area (Å²) in [5, 5.41) is 8.93. The van der Waals surface area contributed by atoms with Gasteiger partial charge in [0.25, 0.3) is 0 Å². The zero-order chi connectivity index (χ0) is 11.5. The van der Waals surface area contributed by atoms with Crippen LogP contribution in [0.5, 0.6) is 0 Å². The third kappa shape index (κ3) is 1.65. The third-order valence-electron chi connectivity index (χ3n) is 1.85. The minimum atomic E-state index is -1.19. The van der Waals surface area contributed by atoms with E-state index in [0.717, 1.165) is 0 Å². The number of carbonyl (C=O) groups is 1. The SMILES string of the molecule is Nc1nccnc1-c1nccnc1C(=O)O. The van der Waals surface area contributed by atoms with Gasteiger partial charge in [-0.1, -0.05) is 0 Å². The first kappa shape index (κ1) is 9.97. The molecule has 2 aromatic heterocycles. The molecule has 0 aliphatic heterocycles. The maximum Gasteiger partial charge on any atom is 0.356 e. The van der Waals surface area contributed by atoms with E-state index >= 15 is 0 Å². The number of carboxylic acids is 1. The summed E-state index contributed by atoms with van der Waals surface area (Å²) in [5.74, 6) is -1.07. The van der Waals surface area contributed by atoms with Gasteiger partial charge in [0.05, 0.1) is 0 Å². The van der Waals surface area contributed by atoms with Crippen molar-refractivity contribution in [3.8, 4) is 11.4 Å². The number of nitrogen functional groups attached to an aromatic ring is 1. The lowest BCUT2D eigenvalue weighted by Gasteiger charge is -2.04. The first-order valence-corrected chi connectivity index (χ1v) is 4.31. The number of nitrogens with two attached hydrogens (primary N) is 1. The summed E-state index contributed by atoms with van der Waals surface area (Å²) in [4.78, 5) is 26.3. The molecule has 0 amide bonds. The molecule has 80 valence electrons. The molecule has 0 spiro atoms.